The molecular formula is C23H15ClF7IN8O2. The molecule has 19 heteroatoms. The van der Waals surface area contributed by atoms with E-state index in [2.05, 4.69) is 25.7 Å². The summed E-state index contributed by atoms with van der Waals surface area (Å²) >= 11 is 8.17. The van der Waals surface area contributed by atoms with Crippen molar-refractivity contribution in [3.05, 3.63) is 79.5 Å². The number of primary amides is 1. The molecule has 0 unspecified atom stereocenters. The van der Waals surface area contributed by atoms with Gasteiger partial charge in [-0.05, 0) is 65.4 Å². The van der Waals surface area contributed by atoms with Crippen molar-refractivity contribution in [2.45, 2.75) is 31.5 Å². The molecular weight excluding hydrogens is 716 g/mol. The zero-order chi connectivity index (χ0) is 31.2. The van der Waals surface area contributed by atoms with Gasteiger partial charge in [-0.2, -0.15) is 31.4 Å². The van der Waals surface area contributed by atoms with Crippen molar-refractivity contribution in [1.29, 1.82) is 0 Å². The van der Waals surface area contributed by atoms with E-state index in [1.807, 2.05) is 22.6 Å². The third kappa shape index (κ3) is 5.76. The van der Waals surface area contributed by atoms with Gasteiger partial charge in [0.25, 0.3) is 11.8 Å². The number of carbonyl (C=O) groups is 2. The monoisotopic (exact) mass is 730 g/mol. The van der Waals surface area contributed by atoms with Crippen LogP contribution in [-0.2, 0) is 12.2 Å². The lowest BCUT2D eigenvalue weighted by Gasteiger charge is -2.27. The fourth-order valence-electron chi connectivity index (χ4n) is 3.80. The Morgan fingerprint density at radius 3 is 2.36 bits per heavy atom. The van der Waals surface area contributed by atoms with E-state index in [0.717, 1.165) is 10.7 Å². The number of pyridine rings is 1. The highest BCUT2D eigenvalue weighted by Gasteiger charge is 2.75. The van der Waals surface area contributed by atoms with E-state index in [-0.39, 0.29) is 39.7 Å². The Labute approximate surface area is 249 Å². The van der Waals surface area contributed by atoms with Crippen LogP contribution in [0.4, 0.5) is 36.4 Å². The van der Waals surface area contributed by atoms with Crippen LogP contribution in [0, 0.1) is 10.5 Å². The highest BCUT2D eigenvalue weighted by atomic mass is 127. The Kier molecular flexibility index (Phi) is 8.24. The molecule has 2 amide bonds. The van der Waals surface area contributed by atoms with Crippen molar-refractivity contribution in [1.82, 2.24) is 29.8 Å². The molecule has 4 aromatic rings. The Bertz CT molecular complexity index is 1670. The molecule has 3 N–H and O–H groups in total. The Morgan fingerprint density at radius 2 is 1.76 bits per heavy atom. The number of anilines is 1. The van der Waals surface area contributed by atoms with E-state index >= 15 is 0 Å². The molecule has 0 radical (unpaired) electrons. The molecule has 0 saturated heterocycles. The standard InChI is InChI=1S/C23H15ClF7IN8O2/c1-10-5-11(32)6-13(18(33)41)17(10)35-20(42)15-7-12(37-40(15)19-14(24)3-2-4-34-19)8-39-9-16(36-38-39)21(25,22(26,27)28)23(29,30)31/h2-7,9H,8H2,1H3,(H2,33,41)(H,35,42). The van der Waals surface area contributed by atoms with Gasteiger partial charge in [-0.3, -0.25) is 9.59 Å². The second-order valence-corrected chi connectivity index (χ2v) is 10.3. The smallest absolute Gasteiger partial charge is 0.366 e. The van der Waals surface area contributed by atoms with Crippen molar-refractivity contribution >= 4 is 51.7 Å². The molecule has 0 aliphatic carbocycles. The van der Waals surface area contributed by atoms with Gasteiger partial charge in [0.15, 0.2) is 5.82 Å². The Morgan fingerprint density at radius 1 is 1.10 bits per heavy atom. The summed E-state index contributed by atoms with van der Waals surface area (Å²) in [6, 6.07) is 7.12. The van der Waals surface area contributed by atoms with Gasteiger partial charge in [-0.15, -0.1) is 5.10 Å². The maximum atomic E-state index is 14.4. The van der Waals surface area contributed by atoms with E-state index in [1.54, 1.807) is 13.0 Å². The van der Waals surface area contributed by atoms with Crippen LogP contribution in [0.2, 0.25) is 5.02 Å². The number of alkyl halides is 7. The summed E-state index contributed by atoms with van der Waals surface area (Å²) in [4.78, 5) is 29.5. The van der Waals surface area contributed by atoms with Gasteiger partial charge in [0, 0.05) is 9.77 Å². The second-order valence-electron chi connectivity index (χ2n) is 8.66. The van der Waals surface area contributed by atoms with Gasteiger partial charge in [0.2, 0.25) is 0 Å². The zero-order valence-electron chi connectivity index (χ0n) is 20.7. The first-order chi connectivity index (χ1) is 19.4. The average Bonchev–Trinajstić information content (AvgIpc) is 3.51. The number of nitrogens with zero attached hydrogens (tertiary/aromatic N) is 6. The molecule has 0 aliphatic heterocycles. The summed E-state index contributed by atoms with van der Waals surface area (Å²) in [6.45, 7) is 0.962. The predicted molar refractivity (Wildman–Crippen MR) is 141 cm³/mol. The van der Waals surface area contributed by atoms with Crippen LogP contribution in [-0.4, -0.2) is 53.9 Å². The first-order valence-electron chi connectivity index (χ1n) is 11.3. The van der Waals surface area contributed by atoms with Crippen LogP contribution in [0.1, 0.15) is 37.8 Å². The predicted octanol–water partition coefficient (Wildman–Crippen LogP) is 5.11. The number of rotatable bonds is 7. The van der Waals surface area contributed by atoms with Crippen LogP contribution in [0.25, 0.3) is 5.82 Å². The lowest BCUT2D eigenvalue weighted by atomic mass is 10.0. The molecule has 1 aromatic carbocycles. The minimum Gasteiger partial charge on any atom is -0.366 e. The van der Waals surface area contributed by atoms with Crippen LogP contribution in [0.15, 0.2) is 42.7 Å². The van der Waals surface area contributed by atoms with Crippen molar-refractivity contribution < 1.29 is 40.3 Å². The summed E-state index contributed by atoms with van der Waals surface area (Å²) in [5, 5.41) is 12.7. The number of carbonyl (C=O) groups excluding carboxylic acids is 2. The number of hydrogen-bond donors (Lipinski definition) is 2. The molecule has 0 bridgehead atoms. The normalized spacial score (nSPS) is 12.4. The van der Waals surface area contributed by atoms with E-state index in [1.165, 1.54) is 24.4 Å². The number of aryl methyl sites for hydroxylation is 1. The molecule has 10 nitrogen and oxygen atoms in total. The van der Waals surface area contributed by atoms with Gasteiger partial charge in [0.1, 0.15) is 11.4 Å². The molecule has 0 saturated carbocycles. The topological polar surface area (TPSA) is 134 Å². The number of aromatic nitrogens is 6. The molecule has 4 rings (SSSR count). The second kappa shape index (κ2) is 11.1. The van der Waals surface area contributed by atoms with Crippen molar-refractivity contribution in [3.8, 4) is 5.82 Å². The van der Waals surface area contributed by atoms with Crippen LogP contribution < -0.4 is 11.1 Å². The summed E-state index contributed by atoms with van der Waals surface area (Å²) in [6.07, 6.45) is -11.3. The Balaban J connectivity index is 1.76. The molecule has 222 valence electrons. The largest absolute Gasteiger partial charge is 0.437 e. The van der Waals surface area contributed by atoms with Crippen molar-refractivity contribution in [2.24, 2.45) is 5.73 Å². The van der Waals surface area contributed by atoms with E-state index in [9.17, 15) is 40.3 Å². The van der Waals surface area contributed by atoms with E-state index in [4.69, 9.17) is 17.3 Å². The zero-order valence-corrected chi connectivity index (χ0v) is 23.6. The summed E-state index contributed by atoms with van der Waals surface area (Å²) in [7, 11) is 0. The van der Waals surface area contributed by atoms with E-state index < -0.39 is 42.1 Å². The third-order valence-electron chi connectivity index (χ3n) is 5.73. The number of hydrogen-bond acceptors (Lipinski definition) is 6. The number of amides is 2. The SMILES string of the molecule is Cc1cc(I)cc(C(N)=O)c1NC(=O)c1cc(Cn2cc(C(F)(C(F)(F)F)C(F)(F)F)nn2)nn1-c1ncccc1Cl. The number of halogens is 9. The maximum Gasteiger partial charge on any atom is 0.437 e. The summed E-state index contributed by atoms with van der Waals surface area (Å²) in [5.41, 5.74) is -2.22. The molecule has 0 atom stereocenters. The first kappa shape index (κ1) is 31.1. The van der Waals surface area contributed by atoms with Crippen LogP contribution >= 0.6 is 34.2 Å². The third-order valence-corrected chi connectivity index (χ3v) is 6.65. The van der Waals surface area contributed by atoms with Gasteiger partial charge in [-0.25, -0.2) is 18.7 Å². The van der Waals surface area contributed by atoms with Gasteiger partial charge in [-0.1, -0.05) is 16.8 Å². The minimum atomic E-state index is -6.38. The van der Waals surface area contributed by atoms with Gasteiger partial charge in [0.05, 0.1) is 34.7 Å². The van der Waals surface area contributed by atoms with Crippen molar-refractivity contribution in [3.63, 3.8) is 0 Å². The number of nitrogens with two attached hydrogens (primary N) is 1. The van der Waals surface area contributed by atoms with Gasteiger partial charge < -0.3 is 11.1 Å². The number of benzene rings is 1. The molecule has 42 heavy (non-hydrogen) atoms. The molecule has 0 aliphatic rings. The van der Waals surface area contributed by atoms with Crippen LogP contribution in [0.3, 0.4) is 0 Å². The van der Waals surface area contributed by atoms with E-state index in [0.29, 0.717) is 13.8 Å². The highest BCUT2D eigenvalue weighted by Crippen LogP contribution is 2.52. The molecule has 3 heterocycles. The summed E-state index contributed by atoms with van der Waals surface area (Å²) < 4.78 is 95.2. The quantitative estimate of drug-likeness (QED) is 0.201. The fraction of sp³-hybridized carbons (Fsp3) is 0.217. The summed E-state index contributed by atoms with van der Waals surface area (Å²) in [5.74, 6) is -1.77. The van der Waals surface area contributed by atoms with Crippen LogP contribution in [0.5, 0.6) is 0 Å². The van der Waals surface area contributed by atoms with Crippen molar-refractivity contribution in [2.75, 3.05) is 5.32 Å². The number of nitrogens with one attached hydrogen (secondary N) is 1. The fourth-order valence-corrected chi connectivity index (χ4v) is 4.78. The van der Waals surface area contributed by atoms with Gasteiger partial charge >= 0.3 is 18.0 Å². The Hall–Kier alpha value is -3.81. The maximum absolute atomic E-state index is 14.4. The molecule has 0 spiro atoms. The first-order valence-corrected chi connectivity index (χ1v) is 12.7. The highest BCUT2D eigenvalue weighted by molar-refractivity contribution is 14.1. The lowest BCUT2D eigenvalue weighted by molar-refractivity contribution is -0.350. The molecule has 0 fully saturated rings. The lowest BCUT2D eigenvalue weighted by Crippen LogP contribution is -2.50. The average molecular weight is 731 g/mol. The molecule has 3 aromatic heterocycles. The minimum absolute atomic E-state index is 0.00547.